The quantitative estimate of drug-likeness (QED) is 0.720. The SMILES string of the molecule is CN(C(=O)c1ccc(N)cc1)c1cccc(Nc2ccncc2)c1. The van der Waals surface area contributed by atoms with Gasteiger partial charge >= 0.3 is 0 Å². The number of carbonyl (C=O) groups excluding carboxylic acids is 1. The third kappa shape index (κ3) is 3.52. The van der Waals surface area contributed by atoms with Crippen LogP contribution < -0.4 is 16.0 Å². The summed E-state index contributed by atoms with van der Waals surface area (Å²) in [5.41, 5.74) is 9.54. The molecule has 1 amide bonds. The molecule has 0 spiro atoms. The summed E-state index contributed by atoms with van der Waals surface area (Å²) in [5.74, 6) is -0.0870. The van der Waals surface area contributed by atoms with E-state index in [-0.39, 0.29) is 5.91 Å². The highest BCUT2D eigenvalue weighted by Crippen LogP contribution is 2.23. The van der Waals surface area contributed by atoms with E-state index in [1.54, 1.807) is 48.6 Å². The van der Waals surface area contributed by atoms with Crippen LogP contribution >= 0.6 is 0 Å². The summed E-state index contributed by atoms with van der Waals surface area (Å²) >= 11 is 0. The molecule has 24 heavy (non-hydrogen) atoms. The molecule has 0 saturated carbocycles. The van der Waals surface area contributed by atoms with Gasteiger partial charge in [0, 0.05) is 47.8 Å². The van der Waals surface area contributed by atoms with Crippen LogP contribution in [0.3, 0.4) is 0 Å². The monoisotopic (exact) mass is 318 g/mol. The fraction of sp³-hybridized carbons (Fsp3) is 0.0526. The van der Waals surface area contributed by atoms with E-state index in [4.69, 9.17) is 5.73 Å². The molecule has 0 fully saturated rings. The molecule has 2 aromatic carbocycles. The lowest BCUT2D eigenvalue weighted by Crippen LogP contribution is -2.26. The van der Waals surface area contributed by atoms with Crippen molar-refractivity contribution in [2.24, 2.45) is 0 Å². The lowest BCUT2D eigenvalue weighted by atomic mass is 10.1. The number of nitrogens with one attached hydrogen (secondary N) is 1. The minimum Gasteiger partial charge on any atom is -0.399 e. The molecule has 0 bridgehead atoms. The molecule has 0 radical (unpaired) electrons. The standard InChI is InChI=1S/C19H18N4O/c1-23(19(24)14-5-7-15(20)8-6-14)18-4-2-3-17(13-18)22-16-9-11-21-12-10-16/h2-13H,20H2,1H3,(H,21,22). The molecule has 0 saturated heterocycles. The lowest BCUT2D eigenvalue weighted by molar-refractivity contribution is 0.0993. The summed E-state index contributed by atoms with van der Waals surface area (Å²) in [5, 5.41) is 3.29. The molecule has 5 heteroatoms. The van der Waals surface area contributed by atoms with Crippen molar-refractivity contribution in [3.8, 4) is 0 Å². The molecular formula is C19H18N4O. The van der Waals surface area contributed by atoms with Gasteiger partial charge in [-0.3, -0.25) is 9.78 Å². The third-order valence-corrected chi connectivity index (χ3v) is 3.66. The normalized spacial score (nSPS) is 10.2. The number of pyridine rings is 1. The molecular weight excluding hydrogens is 300 g/mol. The van der Waals surface area contributed by atoms with E-state index < -0.39 is 0 Å². The van der Waals surface area contributed by atoms with Crippen molar-refractivity contribution >= 4 is 28.7 Å². The number of amides is 1. The molecule has 3 rings (SSSR count). The van der Waals surface area contributed by atoms with Crippen molar-refractivity contribution in [1.82, 2.24) is 4.98 Å². The minimum atomic E-state index is -0.0870. The molecule has 5 nitrogen and oxygen atoms in total. The van der Waals surface area contributed by atoms with E-state index in [1.807, 2.05) is 36.4 Å². The third-order valence-electron chi connectivity index (χ3n) is 3.66. The van der Waals surface area contributed by atoms with Crippen LogP contribution in [0.5, 0.6) is 0 Å². The number of nitrogen functional groups attached to an aromatic ring is 1. The van der Waals surface area contributed by atoms with Crippen LogP contribution in [0.25, 0.3) is 0 Å². The summed E-state index contributed by atoms with van der Waals surface area (Å²) in [4.78, 5) is 18.2. The predicted octanol–water partition coefficient (Wildman–Crippen LogP) is 3.68. The maximum atomic E-state index is 12.6. The number of hydrogen-bond acceptors (Lipinski definition) is 4. The summed E-state index contributed by atoms with van der Waals surface area (Å²) in [7, 11) is 1.75. The smallest absolute Gasteiger partial charge is 0.258 e. The molecule has 0 atom stereocenters. The Kier molecular flexibility index (Phi) is 4.43. The molecule has 0 aliphatic rings. The Morgan fingerprint density at radius 3 is 2.42 bits per heavy atom. The zero-order valence-electron chi connectivity index (χ0n) is 13.3. The number of carbonyl (C=O) groups is 1. The first-order chi connectivity index (χ1) is 11.6. The first-order valence-electron chi connectivity index (χ1n) is 7.54. The molecule has 0 aliphatic carbocycles. The second kappa shape index (κ2) is 6.83. The number of benzene rings is 2. The summed E-state index contributed by atoms with van der Waals surface area (Å²) in [6.45, 7) is 0. The molecule has 3 aromatic rings. The molecule has 0 aliphatic heterocycles. The number of aromatic nitrogens is 1. The average Bonchev–Trinajstić information content (AvgIpc) is 2.62. The number of anilines is 4. The van der Waals surface area contributed by atoms with Crippen LogP contribution in [-0.4, -0.2) is 17.9 Å². The van der Waals surface area contributed by atoms with Crippen molar-refractivity contribution in [3.63, 3.8) is 0 Å². The Morgan fingerprint density at radius 2 is 1.71 bits per heavy atom. The fourth-order valence-corrected chi connectivity index (χ4v) is 2.33. The Balaban J connectivity index is 1.80. The maximum absolute atomic E-state index is 12.6. The Bertz CT molecular complexity index is 832. The maximum Gasteiger partial charge on any atom is 0.258 e. The van der Waals surface area contributed by atoms with Gasteiger partial charge in [-0.2, -0.15) is 0 Å². The molecule has 0 unspecified atom stereocenters. The predicted molar refractivity (Wildman–Crippen MR) is 97.5 cm³/mol. The summed E-state index contributed by atoms with van der Waals surface area (Å²) in [6.07, 6.45) is 3.45. The van der Waals surface area contributed by atoms with Gasteiger partial charge < -0.3 is 16.0 Å². The van der Waals surface area contributed by atoms with E-state index in [0.29, 0.717) is 11.3 Å². The number of nitrogens with two attached hydrogens (primary N) is 1. The highest BCUT2D eigenvalue weighted by Gasteiger charge is 2.13. The first-order valence-corrected chi connectivity index (χ1v) is 7.54. The zero-order chi connectivity index (χ0) is 16.9. The highest BCUT2D eigenvalue weighted by atomic mass is 16.2. The van der Waals surface area contributed by atoms with Crippen molar-refractivity contribution in [1.29, 1.82) is 0 Å². The minimum absolute atomic E-state index is 0.0870. The van der Waals surface area contributed by atoms with E-state index in [0.717, 1.165) is 17.1 Å². The van der Waals surface area contributed by atoms with Gasteiger partial charge in [0.05, 0.1) is 0 Å². The summed E-state index contributed by atoms with van der Waals surface area (Å²) in [6, 6.07) is 18.4. The van der Waals surface area contributed by atoms with Gasteiger partial charge in [-0.15, -0.1) is 0 Å². The van der Waals surface area contributed by atoms with Crippen LogP contribution in [-0.2, 0) is 0 Å². The van der Waals surface area contributed by atoms with Crippen molar-refractivity contribution in [3.05, 3.63) is 78.6 Å². The molecule has 1 aromatic heterocycles. The van der Waals surface area contributed by atoms with Crippen molar-refractivity contribution in [2.75, 3.05) is 23.0 Å². The Hall–Kier alpha value is -3.34. The van der Waals surface area contributed by atoms with Crippen molar-refractivity contribution in [2.45, 2.75) is 0 Å². The average molecular weight is 318 g/mol. The summed E-state index contributed by atoms with van der Waals surface area (Å²) < 4.78 is 0. The van der Waals surface area contributed by atoms with E-state index in [2.05, 4.69) is 10.3 Å². The van der Waals surface area contributed by atoms with Crippen LogP contribution in [0, 0.1) is 0 Å². The van der Waals surface area contributed by atoms with Gasteiger partial charge in [0.1, 0.15) is 0 Å². The Morgan fingerprint density at radius 1 is 1.00 bits per heavy atom. The zero-order valence-corrected chi connectivity index (χ0v) is 13.3. The topological polar surface area (TPSA) is 71.2 Å². The van der Waals surface area contributed by atoms with Gasteiger partial charge in [0.15, 0.2) is 0 Å². The molecule has 3 N–H and O–H groups in total. The van der Waals surface area contributed by atoms with Crippen molar-refractivity contribution < 1.29 is 4.79 Å². The molecule has 1 heterocycles. The number of nitrogens with zero attached hydrogens (tertiary/aromatic N) is 2. The second-order valence-electron chi connectivity index (χ2n) is 5.40. The van der Waals surface area contributed by atoms with E-state index >= 15 is 0 Å². The second-order valence-corrected chi connectivity index (χ2v) is 5.40. The van der Waals surface area contributed by atoms with Crippen LogP contribution in [0.2, 0.25) is 0 Å². The number of hydrogen-bond donors (Lipinski definition) is 2. The fourth-order valence-electron chi connectivity index (χ4n) is 2.33. The highest BCUT2D eigenvalue weighted by molar-refractivity contribution is 6.06. The van der Waals surface area contributed by atoms with Crippen LogP contribution in [0.1, 0.15) is 10.4 Å². The number of rotatable bonds is 4. The van der Waals surface area contributed by atoms with Crippen LogP contribution in [0.4, 0.5) is 22.7 Å². The van der Waals surface area contributed by atoms with Crippen LogP contribution in [0.15, 0.2) is 73.1 Å². The van der Waals surface area contributed by atoms with Gasteiger partial charge in [0.25, 0.3) is 5.91 Å². The van der Waals surface area contributed by atoms with Gasteiger partial charge in [0.2, 0.25) is 0 Å². The van der Waals surface area contributed by atoms with Gasteiger partial charge in [-0.05, 0) is 54.6 Å². The van der Waals surface area contributed by atoms with Gasteiger partial charge in [-0.25, -0.2) is 0 Å². The van der Waals surface area contributed by atoms with Gasteiger partial charge in [-0.1, -0.05) is 6.07 Å². The van der Waals surface area contributed by atoms with E-state index in [9.17, 15) is 4.79 Å². The van der Waals surface area contributed by atoms with E-state index in [1.165, 1.54) is 0 Å². The first kappa shape index (κ1) is 15.6. The lowest BCUT2D eigenvalue weighted by Gasteiger charge is -2.18. The molecule has 120 valence electrons. The Labute approximate surface area is 140 Å². The largest absolute Gasteiger partial charge is 0.399 e.